The molecule has 0 saturated carbocycles. The third-order valence-corrected chi connectivity index (χ3v) is 7.72. The van der Waals surface area contributed by atoms with Crippen molar-refractivity contribution in [1.29, 1.82) is 0 Å². The predicted molar refractivity (Wildman–Crippen MR) is 149 cm³/mol. The summed E-state index contributed by atoms with van der Waals surface area (Å²) in [6, 6.07) is 0. The summed E-state index contributed by atoms with van der Waals surface area (Å²) >= 11 is 7.19. The lowest BCUT2D eigenvalue weighted by Gasteiger charge is -2.24. The van der Waals surface area contributed by atoms with Crippen LogP contribution in [0.5, 0.6) is 0 Å². The number of thiocarbonyl (C=S) groups is 1. The lowest BCUT2D eigenvalue weighted by atomic mass is 10.0. The third kappa shape index (κ3) is 21.7. The zero-order valence-corrected chi connectivity index (χ0v) is 23.9. The molecule has 0 unspecified atom stereocenters. The predicted octanol–water partition coefficient (Wildman–Crippen LogP) is 7.69. The van der Waals surface area contributed by atoms with E-state index < -0.39 is 0 Å². The third-order valence-electron chi connectivity index (χ3n) is 6.11. The lowest BCUT2D eigenvalue weighted by molar-refractivity contribution is -0.140. The molecule has 7 heteroatoms. The van der Waals surface area contributed by atoms with E-state index in [-0.39, 0.29) is 24.8 Å². The highest BCUT2D eigenvalue weighted by molar-refractivity contribution is 8.22. The molecule has 0 aliphatic rings. The Morgan fingerprint density at radius 3 is 1.35 bits per heavy atom. The number of rotatable bonds is 23. The van der Waals surface area contributed by atoms with E-state index in [1.54, 1.807) is 11.8 Å². The quantitative estimate of drug-likeness (QED) is 0.0782. The van der Waals surface area contributed by atoms with E-state index in [4.69, 9.17) is 21.7 Å². The first kappa shape index (κ1) is 33.2. The van der Waals surface area contributed by atoms with Gasteiger partial charge in [0.05, 0.1) is 27.1 Å². The van der Waals surface area contributed by atoms with Crippen LogP contribution in [0.15, 0.2) is 0 Å². The summed E-state index contributed by atoms with van der Waals surface area (Å²) in [4.78, 5) is 24.9. The minimum absolute atomic E-state index is 0.261. The Morgan fingerprint density at radius 2 is 1.00 bits per heavy atom. The highest BCUT2D eigenvalue weighted by Crippen LogP contribution is 2.16. The van der Waals surface area contributed by atoms with Crippen molar-refractivity contribution >= 4 is 40.2 Å². The normalized spacial score (nSPS) is 10.8. The molecule has 0 aromatic rings. The van der Waals surface area contributed by atoms with E-state index in [9.17, 15) is 9.59 Å². The van der Waals surface area contributed by atoms with Crippen LogP contribution in [0.25, 0.3) is 0 Å². The van der Waals surface area contributed by atoms with Gasteiger partial charge in [0.15, 0.2) is 0 Å². The maximum absolute atomic E-state index is 11.5. The van der Waals surface area contributed by atoms with E-state index in [0.29, 0.717) is 13.1 Å². The zero-order valence-electron chi connectivity index (χ0n) is 22.2. The molecule has 0 amide bonds. The van der Waals surface area contributed by atoms with E-state index in [2.05, 4.69) is 6.92 Å². The van der Waals surface area contributed by atoms with Crippen LogP contribution in [0.3, 0.4) is 0 Å². The van der Waals surface area contributed by atoms with Crippen LogP contribution in [0.2, 0.25) is 0 Å². The summed E-state index contributed by atoms with van der Waals surface area (Å²) in [5, 5.41) is 0. The fourth-order valence-electron chi connectivity index (χ4n) is 3.85. The van der Waals surface area contributed by atoms with Crippen LogP contribution in [0.4, 0.5) is 0 Å². The summed E-state index contributed by atoms with van der Waals surface area (Å²) in [6.45, 7) is 3.21. The number of hydrogen-bond acceptors (Lipinski definition) is 6. The second-order valence-electron chi connectivity index (χ2n) is 9.06. The molecule has 0 saturated heterocycles. The van der Waals surface area contributed by atoms with Crippen molar-refractivity contribution in [3.05, 3.63) is 0 Å². The first-order chi connectivity index (χ1) is 16.5. The molecule has 5 nitrogen and oxygen atoms in total. The van der Waals surface area contributed by atoms with Crippen molar-refractivity contribution in [2.45, 2.75) is 122 Å². The largest absolute Gasteiger partial charge is 0.469 e. The molecular formula is C27H51NO4S2. The SMILES string of the molecule is CCCCCCCCCCCCCCCCCCSC(=S)N(CCC(=O)OC)CCC(=O)OC. The van der Waals surface area contributed by atoms with E-state index in [0.717, 1.165) is 16.5 Å². The molecule has 0 N–H and O–H groups in total. The van der Waals surface area contributed by atoms with Crippen LogP contribution in [0.1, 0.15) is 122 Å². The van der Waals surface area contributed by atoms with Crippen LogP contribution >= 0.6 is 24.0 Å². The molecular weight excluding hydrogens is 466 g/mol. The Balaban J connectivity index is 3.67. The zero-order chi connectivity index (χ0) is 25.3. The highest BCUT2D eigenvalue weighted by atomic mass is 32.2. The first-order valence-electron chi connectivity index (χ1n) is 13.6. The lowest BCUT2D eigenvalue weighted by Crippen LogP contribution is -2.32. The van der Waals surface area contributed by atoms with Gasteiger partial charge in [-0.15, -0.1) is 0 Å². The molecule has 0 atom stereocenters. The van der Waals surface area contributed by atoms with Crippen LogP contribution < -0.4 is 0 Å². The molecule has 0 radical (unpaired) electrons. The summed E-state index contributed by atoms with van der Waals surface area (Å²) in [5.41, 5.74) is 0. The fraction of sp³-hybridized carbons (Fsp3) is 0.889. The monoisotopic (exact) mass is 517 g/mol. The van der Waals surface area contributed by atoms with Crippen molar-refractivity contribution in [3.63, 3.8) is 0 Å². The van der Waals surface area contributed by atoms with Gasteiger partial charge in [0.25, 0.3) is 0 Å². The Labute approximate surface area is 219 Å². The minimum atomic E-state index is -0.270. The minimum Gasteiger partial charge on any atom is -0.469 e. The molecule has 0 fully saturated rings. The fourth-order valence-corrected chi connectivity index (χ4v) is 5.17. The van der Waals surface area contributed by atoms with Gasteiger partial charge in [0.2, 0.25) is 0 Å². The first-order valence-corrected chi connectivity index (χ1v) is 15.0. The maximum Gasteiger partial charge on any atom is 0.307 e. The topological polar surface area (TPSA) is 55.8 Å². The molecule has 0 spiro atoms. The second kappa shape index (κ2) is 25.3. The Kier molecular flexibility index (Phi) is 24.7. The number of nitrogens with zero attached hydrogens (tertiary/aromatic N) is 1. The van der Waals surface area contributed by atoms with Gasteiger partial charge in [0.1, 0.15) is 4.32 Å². The van der Waals surface area contributed by atoms with Gasteiger partial charge in [0, 0.05) is 18.8 Å². The smallest absolute Gasteiger partial charge is 0.307 e. The van der Waals surface area contributed by atoms with Gasteiger partial charge in [-0.3, -0.25) is 9.59 Å². The number of carbonyl (C=O) groups excluding carboxylic acids is 2. The number of esters is 2. The summed E-state index contributed by atoms with van der Waals surface area (Å²) < 4.78 is 10.2. The average molecular weight is 518 g/mol. The number of methoxy groups -OCH3 is 2. The van der Waals surface area contributed by atoms with Crippen molar-refractivity contribution in [1.82, 2.24) is 4.90 Å². The Hall–Kier alpha value is -0.820. The maximum atomic E-state index is 11.5. The molecule has 0 aliphatic carbocycles. The van der Waals surface area contributed by atoms with Gasteiger partial charge >= 0.3 is 11.9 Å². The van der Waals surface area contributed by atoms with Gasteiger partial charge in [-0.25, -0.2) is 0 Å². The Morgan fingerprint density at radius 1 is 0.647 bits per heavy atom. The number of thioether (sulfide) groups is 1. The van der Waals surface area contributed by atoms with E-state index >= 15 is 0 Å². The number of ether oxygens (including phenoxy) is 2. The Bertz CT molecular complexity index is 497. The highest BCUT2D eigenvalue weighted by Gasteiger charge is 2.14. The second-order valence-corrected chi connectivity index (χ2v) is 10.8. The van der Waals surface area contributed by atoms with E-state index in [1.165, 1.54) is 111 Å². The van der Waals surface area contributed by atoms with Crippen LogP contribution in [-0.4, -0.2) is 54.2 Å². The summed E-state index contributed by atoms with van der Waals surface area (Å²) in [7, 11) is 2.76. The van der Waals surface area contributed by atoms with Gasteiger partial charge in [-0.2, -0.15) is 0 Å². The number of hydrogen-bond donors (Lipinski definition) is 0. The van der Waals surface area contributed by atoms with Crippen molar-refractivity contribution in [3.8, 4) is 0 Å². The average Bonchev–Trinajstić information content (AvgIpc) is 2.85. The summed E-state index contributed by atoms with van der Waals surface area (Å²) in [5.74, 6) is 0.437. The summed E-state index contributed by atoms with van der Waals surface area (Å²) in [6.07, 6.45) is 22.4. The molecule has 200 valence electrons. The van der Waals surface area contributed by atoms with Gasteiger partial charge in [-0.1, -0.05) is 127 Å². The van der Waals surface area contributed by atoms with Crippen molar-refractivity contribution in [2.75, 3.05) is 33.1 Å². The molecule has 0 aliphatic heterocycles. The number of carbonyl (C=O) groups is 2. The number of unbranched alkanes of at least 4 members (excludes halogenated alkanes) is 15. The van der Waals surface area contributed by atoms with Crippen LogP contribution in [-0.2, 0) is 19.1 Å². The van der Waals surface area contributed by atoms with Gasteiger partial charge in [-0.05, 0) is 6.42 Å². The molecule has 0 aromatic carbocycles. The van der Waals surface area contributed by atoms with Gasteiger partial charge < -0.3 is 14.4 Å². The molecule has 0 aromatic heterocycles. The molecule has 0 bridgehead atoms. The molecule has 34 heavy (non-hydrogen) atoms. The van der Waals surface area contributed by atoms with E-state index in [1.807, 2.05) is 4.90 Å². The van der Waals surface area contributed by atoms with Crippen molar-refractivity contribution < 1.29 is 19.1 Å². The standard InChI is InChI=1S/C27H51NO4S2/c1-4-5-6-7-8-9-10-11-12-13-14-15-16-17-18-19-24-34-27(33)28(22-20-25(29)31-2)23-21-26(30)32-3/h4-24H2,1-3H3. The molecule has 0 heterocycles. The van der Waals surface area contributed by atoms with Crippen LogP contribution in [0, 0.1) is 0 Å². The molecule has 0 rings (SSSR count). The van der Waals surface area contributed by atoms with Crippen molar-refractivity contribution in [2.24, 2.45) is 0 Å².